The normalized spacial score (nSPS) is 20.6. The van der Waals surface area contributed by atoms with Gasteiger partial charge in [-0.1, -0.05) is 13.3 Å². The molecule has 0 aliphatic carbocycles. The molecule has 0 aromatic rings. The van der Waals surface area contributed by atoms with E-state index in [4.69, 9.17) is 9.84 Å². The summed E-state index contributed by atoms with van der Waals surface area (Å²) in [5.41, 5.74) is 0. The van der Waals surface area contributed by atoms with Gasteiger partial charge in [-0.15, -0.1) is 0 Å². The second-order valence-electron chi connectivity index (χ2n) is 4.82. The molecule has 104 valence electrons. The van der Waals surface area contributed by atoms with Crippen LogP contribution in [0.4, 0.5) is 0 Å². The predicted octanol–water partition coefficient (Wildman–Crippen LogP) is 1.71. The van der Waals surface area contributed by atoms with Crippen LogP contribution < -0.4 is 5.32 Å². The van der Waals surface area contributed by atoms with Crippen molar-refractivity contribution in [3.63, 3.8) is 0 Å². The van der Waals surface area contributed by atoms with Crippen molar-refractivity contribution < 1.29 is 19.4 Å². The third-order valence-electron chi connectivity index (χ3n) is 3.14. The van der Waals surface area contributed by atoms with Crippen molar-refractivity contribution in [2.45, 2.75) is 64.0 Å². The first-order valence-electron chi connectivity index (χ1n) is 6.74. The molecule has 1 saturated heterocycles. The van der Waals surface area contributed by atoms with E-state index in [0.717, 1.165) is 32.3 Å². The second kappa shape index (κ2) is 8.08. The van der Waals surface area contributed by atoms with E-state index in [1.165, 1.54) is 0 Å². The predicted molar refractivity (Wildman–Crippen MR) is 67.3 cm³/mol. The van der Waals surface area contributed by atoms with Gasteiger partial charge in [-0.3, -0.25) is 9.59 Å². The largest absolute Gasteiger partial charge is 0.481 e. The minimum Gasteiger partial charge on any atom is -0.481 e. The van der Waals surface area contributed by atoms with Gasteiger partial charge < -0.3 is 15.2 Å². The molecule has 2 unspecified atom stereocenters. The molecule has 0 bridgehead atoms. The summed E-state index contributed by atoms with van der Waals surface area (Å²) < 4.78 is 5.45. The SMILES string of the molecule is CCCC(CC(=O)O)NC(=O)CCC1CCCO1. The van der Waals surface area contributed by atoms with Crippen LogP contribution in [0, 0.1) is 0 Å². The lowest BCUT2D eigenvalue weighted by Crippen LogP contribution is -2.36. The number of hydrogen-bond donors (Lipinski definition) is 2. The lowest BCUT2D eigenvalue weighted by molar-refractivity contribution is -0.137. The first-order chi connectivity index (χ1) is 8.61. The molecule has 1 heterocycles. The summed E-state index contributed by atoms with van der Waals surface area (Å²) in [5, 5.41) is 11.6. The van der Waals surface area contributed by atoms with Crippen LogP contribution in [0.25, 0.3) is 0 Å². The first kappa shape index (κ1) is 15.0. The van der Waals surface area contributed by atoms with E-state index >= 15 is 0 Å². The third kappa shape index (κ3) is 6.00. The summed E-state index contributed by atoms with van der Waals surface area (Å²) in [4.78, 5) is 22.4. The van der Waals surface area contributed by atoms with Gasteiger partial charge in [0.05, 0.1) is 12.5 Å². The Labute approximate surface area is 108 Å². The number of carboxylic acids is 1. The molecule has 1 amide bonds. The Kier molecular flexibility index (Phi) is 6.72. The van der Waals surface area contributed by atoms with Crippen molar-refractivity contribution in [3.8, 4) is 0 Å². The van der Waals surface area contributed by atoms with Crippen LogP contribution in [-0.4, -0.2) is 35.7 Å². The maximum atomic E-state index is 11.7. The Balaban J connectivity index is 2.24. The van der Waals surface area contributed by atoms with Crippen molar-refractivity contribution >= 4 is 11.9 Å². The molecule has 1 aliphatic rings. The molecule has 5 nitrogen and oxygen atoms in total. The minimum atomic E-state index is -0.868. The van der Waals surface area contributed by atoms with Crippen molar-refractivity contribution in [1.82, 2.24) is 5.32 Å². The van der Waals surface area contributed by atoms with E-state index in [-0.39, 0.29) is 24.5 Å². The van der Waals surface area contributed by atoms with E-state index in [1.807, 2.05) is 6.92 Å². The fourth-order valence-corrected chi connectivity index (χ4v) is 2.25. The number of carbonyl (C=O) groups excluding carboxylic acids is 1. The van der Waals surface area contributed by atoms with E-state index in [0.29, 0.717) is 12.8 Å². The monoisotopic (exact) mass is 257 g/mol. The van der Waals surface area contributed by atoms with Crippen molar-refractivity contribution in [3.05, 3.63) is 0 Å². The van der Waals surface area contributed by atoms with Gasteiger partial charge >= 0.3 is 5.97 Å². The van der Waals surface area contributed by atoms with Gasteiger partial charge in [0, 0.05) is 19.1 Å². The number of nitrogens with one attached hydrogen (secondary N) is 1. The van der Waals surface area contributed by atoms with Crippen molar-refractivity contribution in [2.24, 2.45) is 0 Å². The molecule has 1 aliphatic heterocycles. The summed E-state index contributed by atoms with van der Waals surface area (Å²) in [5.74, 6) is -0.932. The molecule has 2 N–H and O–H groups in total. The smallest absolute Gasteiger partial charge is 0.305 e. The van der Waals surface area contributed by atoms with Gasteiger partial charge in [0.25, 0.3) is 0 Å². The molecule has 1 rings (SSSR count). The molecule has 0 aromatic carbocycles. The van der Waals surface area contributed by atoms with Gasteiger partial charge in [0.2, 0.25) is 5.91 Å². The molecule has 1 fully saturated rings. The highest BCUT2D eigenvalue weighted by molar-refractivity contribution is 5.77. The number of carboxylic acid groups (broad SMARTS) is 1. The molecule has 2 atom stereocenters. The van der Waals surface area contributed by atoms with Crippen LogP contribution in [0.2, 0.25) is 0 Å². The van der Waals surface area contributed by atoms with Gasteiger partial charge in [0.15, 0.2) is 0 Å². The standard InChI is InChI=1S/C13H23NO4/c1-2-4-10(9-13(16)17)14-12(15)7-6-11-5-3-8-18-11/h10-11H,2-9H2,1H3,(H,14,15)(H,16,17). The van der Waals surface area contributed by atoms with Crippen LogP contribution in [0.5, 0.6) is 0 Å². The number of rotatable bonds is 8. The van der Waals surface area contributed by atoms with Crippen molar-refractivity contribution in [2.75, 3.05) is 6.61 Å². The minimum absolute atomic E-state index is 0.000488. The fourth-order valence-electron chi connectivity index (χ4n) is 2.25. The molecular formula is C13H23NO4. The van der Waals surface area contributed by atoms with Gasteiger partial charge in [-0.25, -0.2) is 0 Å². The number of aliphatic carboxylic acids is 1. The van der Waals surface area contributed by atoms with E-state index < -0.39 is 5.97 Å². The maximum Gasteiger partial charge on any atom is 0.305 e. The zero-order chi connectivity index (χ0) is 13.4. The Morgan fingerprint density at radius 2 is 2.28 bits per heavy atom. The van der Waals surface area contributed by atoms with Crippen LogP contribution >= 0.6 is 0 Å². The molecule has 0 aromatic heterocycles. The number of hydrogen-bond acceptors (Lipinski definition) is 3. The quantitative estimate of drug-likeness (QED) is 0.694. The van der Waals surface area contributed by atoms with Gasteiger partial charge in [-0.05, 0) is 25.7 Å². The molecule has 0 spiro atoms. The summed E-state index contributed by atoms with van der Waals surface area (Å²) in [6, 6.07) is -0.246. The Bertz CT molecular complexity index is 274. The maximum absolute atomic E-state index is 11.7. The summed E-state index contributed by atoms with van der Waals surface area (Å²) in [6.07, 6.45) is 5.04. The average molecular weight is 257 g/mol. The fraction of sp³-hybridized carbons (Fsp3) is 0.846. The Hall–Kier alpha value is -1.10. The first-order valence-corrected chi connectivity index (χ1v) is 6.74. The lowest BCUT2D eigenvalue weighted by Gasteiger charge is -2.16. The van der Waals surface area contributed by atoms with Crippen LogP contribution in [0.15, 0.2) is 0 Å². The van der Waals surface area contributed by atoms with Crippen LogP contribution in [0.1, 0.15) is 51.9 Å². The van der Waals surface area contributed by atoms with E-state index in [2.05, 4.69) is 5.32 Å². The van der Waals surface area contributed by atoms with Gasteiger partial charge in [-0.2, -0.15) is 0 Å². The second-order valence-corrected chi connectivity index (χ2v) is 4.82. The number of amides is 1. The zero-order valence-corrected chi connectivity index (χ0v) is 11.0. The lowest BCUT2D eigenvalue weighted by atomic mass is 10.1. The Morgan fingerprint density at radius 3 is 2.83 bits per heavy atom. The molecule has 0 saturated carbocycles. The third-order valence-corrected chi connectivity index (χ3v) is 3.14. The Morgan fingerprint density at radius 1 is 1.50 bits per heavy atom. The molecular weight excluding hydrogens is 234 g/mol. The number of carbonyl (C=O) groups is 2. The molecule has 18 heavy (non-hydrogen) atoms. The highest BCUT2D eigenvalue weighted by atomic mass is 16.5. The average Bonchev–Trinajstić information content (AvgIpc) is 2.78. The zero-order valence-electron chi connectivity index (χ0n) is 11.0. The number of ether oxygens (including phenoxy) is 1. The summed E-state index contributed by atoms with van der Waals surface area (Å²) >= 11 is 0. The van der Waals surface area contributed by atoms with Crippen LogP contribution in [-0.2, 0) is 14.3 Å². The van der Waals surface area contributed by atoms with Gasteiger partial charge in [0.1, 0.15) is 0 Å². The van der Waals surface area contributed by atoms with Crippen LogP contribution in [0.3, 0.4) is 0 Å². The summed E-state index contributed by atoms with van der Waals surface area (Å²) in [7, 11) is 0. The van der Waals surface area contributed by atoms with E-state index in [9.17, 15) is 9.59 Å². The molecule has 5 heteroatoms. The van der Waals surface area contributed by atoms with E-state index in [1.54, 1.807) is 0 Å². The summed E-state index contributed by atoms with van der Waals surface area (Å²) in [6.45, 7) is 2.77. The highest BCUT2D eigenvalue weighted by Crippen LogP contribution is 2.16. The molecule has 0 radical (unpaired) electrons. The highest BCUT2D eigenvalue weighted by Gasteiger charge is 2.19. The van der Waals surface area contributed by atoms with Crippen molar-refractivity contribution in [1.29, 1.82) is 0 Å². The topological polar surface area (TPSA) is 75.6 Å².